The lowest BCUT2D eigenvalue weighted by molar-refractivity contribution is 0.0892. The number of aromatic nitrogens is 2. The molecule has 9 nitrogen and oxygen atoms in total. The number of rotatable bonds is 6. The predicted molar refractivity (Wildman–Crippen MR) is 99.8 cm³/mol. The van der Waals surface area contributed by atoms with Gasteiger partial charge in [0.15, 0.2) is 5.82 Å². The molecule has 0 aliphatic carbocycles. The third-order valence-electron chi connectivity index (χ3n) is 5.50. The standard InChI is InChI=1S/C17H29N5O4S/c1-4-20(5-2)17(23)21-11-13(12-21)10-15-18-16(19-26-15)14-6-8-22(9-7-14)27(3,24)25/h13-14H,4-12H2,1-3H3. The van der Waals surface area contributed by atoms with Gasteiger partial charge in [-0.15, -0.1) is 0 Å². The minimum Gasteiger partial charge on any atom is -0.339 e. The van der Waals surface area contributed by atoms with Crippen molar-refractivity contribution in [1.82, 2.24) is 24.2 Å². The fourth-order valence-corrected chi connectivity index (χ4v) is 4.63. The molecule has 2 aliphatic heterocycles. The first-order valence-electron chi connectivity index (χ1n) is 9.63. The van der Waals surface area contributed by atoms with E-state index in [1.165, 1.54) is 10.6 Å². The van der Waals surface area contributed by atoms with Crippen LogP contribution in [0.4, 0.5) is 4.79 Å². The number of carbonyl (C=O) groups excluding carboxylic acids is 1. The quantitative estimate of drug-likeness (QED) is 0.711. The summed E-state index contributed by atoms with van der Waals surface area (Å²) in [5, 5.41) is 4.10. The molecule has 0 unspecified atom stereocenters. The Morgan fingerprint density at radius 1 is 1.22 bits per heavy atom. The molecule has 0 N–H and O–H groups in total. The Balaban J connectivity index is 1.47. The van der Waals surface area contributed by atoms with Gasteiger partial charge in [-0.25, -0.2) is 17.5 Å². The molecule has 1 aromatic heterocycles. The van der Waals surface area contributed by atoms with Crippen LogP contribution in [0, 0.1) is 5.92 Å². The Morgan fingerprint density at radius 3 is 2.41 bits per heavy atom. The van der Waals surface area contributed by atoms with Crippen molar-refractivity contribution in [2.45, 2.75) is 39.0 Å². The van der Waals surface area contributed by atoms with Crippen molar-refractivity contribution in [2.24, 2.45) is 5.92 Å². The summed E-state index contributed by atoms with van der Waals surface area (Å²) in [5.74, 6) is 1.77. The van der Waals surface area contributed by atoms with Crippen molar-refractivity contribution in [2.75, 3.05) is 45.5 Å². The summed E-state index contributed by atoms with van der Waals surface area (Å²) in [4.78, 5) is 20.4. The number of hydrogen-bond donors (Lipinski definition) is 0. The Labute approximate surface area is 160 Å². The maximum absolute atomic E-state index is 12.2. The van der Waals surface area contributed by atoms with Gasteiger partial charge in [0.05, 0.1) is 6.26 Å². The van der Waals surface area contributed by atoms with Crippen molar-refractivity contribution in [3.8, 4) is 0 Å². The van der Waals surface area contributed by atoms with Crippen molar-refractivity contribution >= 4 is 16.1 Å². The van der Waals surface area contributed by atoms with Gasteiger partial charge in [-0.05, 0) is 26.7 Å². The molecule has 2 amide bonds. The fraction of sp³-hybridized carbons (Fsp3) is 0.824. The van der Waals surface area contributed by atoms with E-state index in [0.29, 0.717) is 50.0 Å². The van der Waals surface area contributed by atoms with Crippen LogP contribution in [0.1, 0.15) is 44.3 Å². The lowest BCUT2D eigenvalue weighted by Gasteiger charge is -2.41. The zero-order valence-electron chi connectivity index (χ0n) is 16.3. The summed E-state index contributed by atoms with van der Waals surface area (Å²) in [5.41, 5.74) is 0. The summed E-state index contributed by atoms with van der Waals surface area (Å²) in [6.07, 6.45) is 3.34. The van der Waals surface area contributed by atoms with Crippen LogP contribution >= 0.6 is 0 Å². The van der Waals surface area contributed by atoms with Crippen LogP contribution in [0.15, 0.2) is 4.52 Å². The van der Waals surface area contributed by atoms with Gasteiger partial charge in [0.25, 0.3) is 0 Å². The van der Waals surface area contributed by atoms with Crippen molar-refractivity contribution in [3.05, 3.63) is 11.7 Å². The molecule has 0 saturated carbocycles. The SMILES string of the molecule is CCN(CC)C(=O)N1CC(Cc2nc(C3CCN(S(C)(=O)=O)CC3)no2)C1. The number of urea groups is 1. The Bertz CT molecular complexity index is 747. The van der Waals surface area contributed by atoms with E-state index in [1.54, 1.807) is 0 Å². The van der Waals surface area contributed by atoms with Crippen molar-refractivity contribution < 1.29 is 17.7 Å². The van der Waals surface area contributed by atoms with E-state index in [0.717, 1.165) is 26.2 Å². The molecule has 0 aromatic carbocycles. The highest BCUT2D eigenvalue weighted by atomic mass is 32.2. The average Bonchev–Trinajstić information content (AvgIpc) is 3.06. The van der Waals surface area contributed by atoms with Gasteiger partial charge in [0.1, 0.15) is 0 Å². The summed E-state index contributed by atoms with van der Waals surface area (Å²) in [6, 6.07) is 0.0973. The molecule has 0 bridgehead atoms. The number of piperidine rings is 1. The van der Waals surface area contributed by atoms with E-state index in [2.05, 4.69) is 10.1 Å². The van der Waals surface area contributed by atoms with Crippen LogP contribution in [-0.2, 0) is 16.4 Å². The van der Waals surface area contributed by atoms with Gasteiger partial charge < -0.3 is 14.3 Å². The molecule has 10 heteroatoms. The maximum atomic E-state index is 12.2. The van der Waals surface area contributed by atoms with Gasteiger partial charge in [-0.2, -0.15) is 4.98 Å². The molecule has 2 fully saturated rings. The number of likely N-dealkylation sites (tertiary alicyclic amines) is 1. The molecule has 0 atom stereocenters. The van der Waals surface area contributed by atoms with Gasteiger partial charge in [0.2, 0.25) is 15.9 Å². The molecule has 0 spiro atoms. The molecule has 152 valence electrons. The van der Waals surface area contributed by atoms with Gasteiger partial charge in [-0.3, -0.25) is 0 Å². The van der Waals surface area contributed by atoms with Crippen molar-refractivity contribution in [1.29, 1.82) is 0 Å². The lowest BCUT2D eigenvalue weighted by atomic mass is 9.96. The van der Waals surface area contributed by atoms with E-state index >= 15 is 0 Å². The monoisotopic (exact) mass is 399 g/mol. The molecule has 2 aliphatic rings. The number of carbonyl (C=O) groups is 1. The van der Waals surface area contributed by atoms with Crippen LogP contribution in [0.25, 0.3) is 0 Å². The summed E-state index contributed by atoms with van der Waals surface area (Å²) >= 11 is 0. The summed E-state index contributed by atoms with van der Waals surface area (Å²) in [6.45, 7) is 7.86. The first kappa shape index (κ1) is 20.1. The summed E-state index contributed by atoms with van der Waals surface area (Å²) < 4.78 is 30.1. The highest BCUT2D eigenvalue weighted by Crippen LogP contribution is 2.28. The van der Waals surface area contributed by atoms with Crippen LogP contribution < -0.4 is 0 Å². The van der Waals surface area contributed by atoms with E-state index in [9.17, 15) is 13.2 Å². The third-order valence-corrected chi connectivity index (χ3v) is 6.80. The average molecular weight is 400 g/mol. The minimum absolute atomic E-state index is 0.0973. The molecule has 3 heterocycles. The zero-order valence-corrected chi connectivity index (χ0v) is 17.1. The second-order valence-corrected chi connectivity index (χ2v) is 9.40. The highest BCUT2D eigenvalue weighted by Gasteiger charge is 2.34. The van der Waals surface area contributed by atoms with Gasteiger partial charge >= 0.3 is 6.03 Å². The second-order valence-electron chi connectivity index (χ2n) is 7.41. The second kappa shape index (κ2) is 8.14. The number of amides is 2. The van der Waals surface area contributed by atoms with Gasteiger partial charge in [-0.1, -0.05) is 5.16 Å². The molecule has 2 saturated heterocycles. The largest absolute Gasteiger partial charge is 0.339 e. The zero-order chi connectivity index (χ0) is 19.6. The van der Waals surface area contributed by atoms with Crippen LogP contribution in [0.3, 0.4) is 0 Å². The molecule has 3 rings (SSSR count). The highest BCUT2D eigenvalue weighted by molar-refractivity contribution is 7.88. The molecule has 0 radical (unpaired) electrons. The van der Waals surface area contributed by atoms with Crippen LogP contribution in [0.2, 0.25) is 0 Å². The molecular weight excluding hydrogens is 370 g/mol. The smallest absolute Gasteiger partial charge is 0.319 e. The van der Waals surface area contributed by atoms with E-state index in [1.807, 2.05) is 23.6 Å². The van der Waals surface area contributed by atoms with E-state index in [-0.39, 0.29) is 11.9 Å². The Hall–Kier alpha value is -1.68. The first-order valence-corrected chi connectivity index (χ1v) is 11.5. The molecular formula is C17H29N5O4S. The van der Waals surface area contributed by atoms with Crippen LogP contribution in [-0.4, -0.2) is 84.2 Å². The molecule has 27 heavy (non-hydrogen) atoms. The number of nitrogens with zero attached hydrogens (tertiary/aromatic N) is 5. The van der Waals surface area contributed by atoms with Crippen LogP contribution in [0.5, 0.6) is 0 Å². The minimum atomic E-state index is -3.13. The predicted octanol–water partition coefficient (Wildman–Crippen LogP) is 1.14. The maximum Gasteiger partial charge on any atom is 0.319 e. The third kappa shape index (κ3) is 4.60. The van der Waals surface area contributed by atoms with E-state index < -0.39 is 10.0 Å². The Morgan fingerprint density at radius 2 is 1.85 bits per heavy atom. The van der Waals surface area contributed by atoms with Gasteiger partial charge in [0, 0.05) is 57.5 Å². The lowest BCUT2D eigenvalue weighted by Crippen LogP contribution is -2.55. The topological polar surface area (TPSA) is 99.9 Å². The summed E-state index contributed by atoms with van der Waals surface area (Å²) in [7, 11) is -3.13. The van der Waals surface area contributed by atoms with E-state index in [4.69, 9.17) is 4.52 Å². The van der Waals surface area contributed by atoms with Crippen molar-refractivity contribution in [3.63, 3.8) is 0 Å². The number of hydrogen-bond acceptors (Lipinski definition) is 6. The molecule has 1 aromatic rings. The Kier molecular flexibility index (Phi) is 6.05. The first-order chi connectivity index (χ1) is 12.8. The normalized spacial score (nSPS) is 19.9. The number of sulfonamides is 1. The fourth-order valence-electron chi connectivity index (χ4n) is 3.76.